The zero-order chi connectivity index (χ0) is 12.8. The molecule has 1 aromatic carbocycles. The van der Waals surface area contributed by atoms with Crippen LogP contribution >= 0.6 is 11.8 Å². The first-order valence-electron chi connectivity index (χ1n) is 6.30. The van der Waals surface area contributed by atoms with Crippen molar-refractivity contribution in [3.8, 4) is 0 Å². The van der Waals surface area contributed by atoms with Gasteiger partial charge in [-0.1, -0.05) is 45.0 Å². The Bertz CT molecular complexity index is 335. The topological polar surface area (TPSA) is 20.2 Å². The molecule has 0 bridgehead atoms. The van der Waals surface area contributed by atoms with Crippen molar-refractivity contribution in [1.29, 1.82) is 0 Å². The molecule has 2 heteroatoms. The Morgan fingerprint density at radius 2 is 1.94 bits per heavy atom. The molecular weight excluding hydrogens is 228 g/mol. The number of thioether (sulfide) groups is 1. The molecule has 0 aliphatic heterocycles. The van der Waals surface area contributed by atoms with E-state index in [1.165, 1.54) is 5.56 Å². The van der Waals surface area contributed by atoms with E-state index >= 15 is 0 Å². The zero-order valence-corrected chi connectivity index (χ0v) is 12.1. The number of benzene rings is 1. The second kappa shape index (κ2) is 7.07. The molecule has 0 radical (unpaired) electrons. The van der Waals surface area contributed by atoms with Gasteiger partial charge in [0.05, 0.1) is 6.10 Å². The maximum Gasteiger partial charge on any atom is 0.0823 e. The van der Waals surface area contributed by atoms with Crippen LogP contribution < -0.4 is 0 Å². The second-order valence-electron chi connectivity index (χ2n) is 5.22. The molecule has 0 aliphatic rings. The molecule has 1 rings (SSSR count). The average Bonchev–Trinajstić information content (AvgIpc) is 2.28. The molecule has 1 nitrogen and oxygen atoms in total. The van der Waals surface area contributed by atoms with Gasteiger partial charge >= 0.3 is 0 Å². The smallest absolute Gasteiger partial charge is 0.0823 e. The lowest BCUT2D eigenvalue weighted by Gasteiger charge is -2.19. The first-order chi connectivity index (χ1) is 8.04. The molecule has 2 atom stereocenters. The Kier molecular flexibility index (Phi) is 6.07. The lowest BCUT2D eigenvalue weighted by molar-refractivity contribution is 0.129. The van der Waals surface area contributed by atoms with Crippen LogP contribution in [0.2, 0.25) is 0 Å². The summed E-state index contributed by atoms with van der Waals surface area (Å²) >= 11 is 1.79. The molecule has 0 aromatic heterocycles. The van der Waals surface area contributed by atoms with Crippen LogP contribution in [0.4, 0.5) is 0 Å². The summed E-state index contributed by atoms with van der Waals surface area (Å²) in [5, 5.41) is 10.3. The fourth-order valence-electron chi connectivity index (χ4n) is 2.06. The standard InChI is InChI=1S/C15H24OS/c1-11(2)8-13-6-5-7-14(9-13)15(16)12(3)10-17-4/h5-7,9,11-12,15-16H,8,10H2,1-4H3. The third kappa shape index (κ3) is 4.72. The number of rotatable bonds is 6. The first-order valence-corrected chi connectivity index (χ1v) is 7.69. The summed E-state index contributed by atoms with van der Waals surface area (Å²) in [6.45, 7) is 6.55. The number of aliphatic hydroxyl groups excluding tert-OH is 1. The molecule has 0 aliphatic carbocycles. The molecule has 0 heterocycles. The van der Waals surface area contributed by atoms with Gasteiger partial charge in [0.1, 0.15) is 0 Å². The van der Waals surface area contributed by atoms with E-state index in [0.29, 0.717) is 11.8 Å². The molecule has 96 valence electrons. The Morgan fingerprint density at radius 1 is 1.24 bits per heavy atom. The summed E-state index contributed by atoms with van der Waals surface area (Å²) in [5.41, 5.74) is 2.39. The van der Waals surface area contributed by atoms with Crippen LogP contribution in [0.5, 0.6) is 0 Å². The van der Waals surface area contributed by atoms with Gasteiger partial charge in [0.15, 0.2) is 0 Å². The van der Waals surface area contributed by atoms with Gasteiger partial charge < -0.3 is 5.11 Å². The summed E-state index contributed by atoms with van der Waals surface area (Å²) in [4.78, 5) is 0. The minimum Gasteiger partial charge on any atom is -0.388 e. The van der Waals surface area contributed by atoms with Crippen molar-refractivity contribution in [3.05, 3.63) is 35.4 Å². The predicted octanol–water partition coefficient (Wildman–Crippen LogP) is 3.92. The molecule has 2 unspecified atom stereocenters. The summed E-state index contributed by atoms with van der Waals surface area (Å²) < 4.78 is 0. The third-order valence-corrected chi connectivity index (χ3v) is 3.76. The van der Waals surface area contributed by atoms with Crippen LogP contribution in [0.1, 0.15) is 38.0 Å². The maximum absolute atomic E-state index is 10.3. The minimum atomic E-state index is -0.338. The predicted molar refractivity (Wildman–Crippen MR) is 77.5 cm³/mol. The summed E-state index contributed by atoms with van der Waals surface area (Å²) in [6.07, 6.45) is 2.82. The number of aliphatic hydroxyl groups is 1. The van der Waals surface area contributed by atoms with Gasteiger partial charge in [-0.3, -0.25) is 0 Å². The minimum absolute atomic E-state index is 0.305. The van der Waals surface area contributed by atoms with Gasteiger partial charge in [-0.15, -0.1) is 0 Å². The highest BCUT2D eigenvalue weighted by molar-refractivity contribution is 7.98. The third-order valence-electron chi connectivity index (χ3n) is 2.91. The van der Waals surface area contributed by atoms with Gasteiger partial charge in [0, 0.05) is 0 Å². The van der Waals surface area contributed by atoms with Crippen LogP contribution in [-0.2, 0) is 6.42 Å². The fourth-order valence-corrected chi connectivity index (χ4v) is 2.77. The summed E-state index contributed by atoms with van der Waals surface area (Å²) in [5.74, 6) is 1.96. The van der Waals surface area contributed by atoms with Crippen molar-refractivity contribution in [3.63, 3.8) is 0 Å². The Hall–Kier alpha value is -0.470. The Labute approximate surface area is 110 Å². The largest absolute Gasteiger partial charge is 0.388 e. The molecule has 17 heavy (non-hydrogen) atoms. The molecule has 1 N–H and O–H groups in total. The average molecular weight is 252 g/mol. The van der Waals surface area contributed by atoms with Gasteiger partial charge in [-0.25, -0.2) is 0 Å². The van der Waals surface area contributed by atoms with Crippen LogP contribution in [-0.4, -0.2) is 17.1 Å². The monoisotopic (exact) mass is 252 g/mol. The maximum atomic E-state index is 10.3. The van der Waals surface area contributed by atoms with Crippen molar-refractivity contribution in [2.24, 2.45) is 11.8 Å². The van der Waals surface area contributed by atoms with E-state index in [1.54, 1.807) is 11.8 Å². The SMILES string of the molecule is CSCC(C)C(O)c1cccc(CC(C)C)c1. The quantitative estimate of drug-likeness (QED) is 0.828. The molecule has 0 saturated carbocycles. The van der Waals surface area contributed by atoms with Crippen molar-refractivity contribution in [2.75, 3.05) is 12.0 Å². The molecule has 1 aromatic rings. The lowest BCUT2D eigenvalue weighted by atomic mass is 9.95. The lowest BCUT2D eigenvalue weighted by Crippen LogP contribution is -2.12. The van der Waals surface area contributed by atoms with E-state index in [-0.39, 0.29) is 6.10 Å². The highest BCUT2D eigenvalue weighted by Crippen LogP contribution is 2.25. The Morgan fingerprint density at radius 3 is 2.53 bits per heavy atom. The van der Waals surface area contributed by atoms with E-state index in [9.17, 15) is 5.11 Å². The fraction of sp³-hybridized carbons (Fsp3) is 0.600. The number of hydrogen-bond donors (Lipinski definition) is 1. The van der Waals surface area contributed by atoms with Crippen LogP contribution in [0, 0.1) is 11.8 Å². The second-order valence-corrected chi connectivity index (χ2v) is 6.13. The zero-order valence-electron chi connectivity index (χ0n) is 11.3. The Balaban J connectivity index is 2.76. The van der Waals surface area contributed by atoms with Gasteiger partial charge in [0.25, 0.3) is 0 Å². The molecule has 0 saturated heterocycles. The van der Waals surface area contributed by atoms with Crippen molar-refractivity contribution in [2.45, 2.75) is 33.3 Å². The van der Waals surface area contributed by atoms with Crippen molar-refractivity contribution < 1.29 is 5.11 Å². The van der Waals surface area contributed by atoms with E-state index in [1.807, 2.05) is 6.07 Å². The molecule has 0 fully saturated rings. The van der Waals surface area contributed by atoms with Gasteiger partial charge in [0.2, 0.25) is 0 Å². The first kappa shape index (κ1) is 14.6. The molecule has 0 amide bonds. The van der Waals surface area contributed by atoms with E-state index < -0.39 is 0 Å². The van der Waals surface area contributed by atoms with Crippen LogP contribution in [0.15, 0.2) is 24.3 Å². The van der Waals surface area contributed by atoms with Gasteiger partial charge in [-0.05, 0) is 41.4 Å². The number of hydrogen-bond acceptors (Lipinski definition) is 2. The van der Waals surface area contributed by atoms with E-state index in [4.69, 9.17) is 0 Å². The summed E-state index contributed by atoms with van der Waals surface area (Å²) in [7, 11) is 0. The molecular formula is C15H24OS. The summed E-state index contributed by atoms with van der Waals surface area (Å²) in [6, 6.07) is 8.39. The van der Waals surface area contributed by atoms with Gasteiger partial charge in [-0.2, -0.15) is 11.8 Å². The highest BCUT2D eigenvalue weighted by atomic mass is 32.2. The normalized spacial score (nSPS) is 14.9. The van der Waals surface area contributed by atoms with Crippen molar-refractivity contribution in [1.82, 2.24) is 0 Å². The van der Waals surface area contributed by atoms with E-state index in [2.05, 4.69) is 45.2 Å². The van der Waals surface area contributed by atoms with E-state index in [0.717, 1.165) is 17.7 Å². The highest BCUT2D eigenvalue weighted by Gasteiger charge is 2.16. The molecule has 0 spiro atoms. The van der Waals surface area contributed by atoms with Crippen LogP contribution in [0.25, 0.3) is 0 Å². The van der Waals surface area contributed by atoms with Crippen molar-refractivity contribution >= 4 is 11.8 Å². The van der Waals surface area contributed by atoms with Crippen LogP contribution in [0.3, 0.4) is 0 Å².